The highest BCUT2D eigenvalue weighted by Crippen LogP contribution is 2.34. The molecule has 0 N–H and O–H groups in total. The molecule has 0 bridgehead atoms. The highest BCUT2D eigenvalue weighted by Gasteiger charge is 2.10. The molecule has 5 rings (SSSR count). The van der Waals surface area contributed by atoms with E-state index in [2.05, 4.69) is 109 Å². The highest BCUT2D eigenvalue weighted by atomic mass is 14.9. The number of nitrogens with zero attached hydrogens (tertiary/aromatic N) is 1. The molecule has 0 aliphatic rings. The fourth-order valence-electron chi connectivity index (χ4n) is 3.82. The van der Waals surface area contributed by atoms with Gasteiger partial charge in [-0.1, -0.05) is 84.9 Å². The second-order valence-corrected chi connectivity index (χ2v) is 6.75. The quantitative estimate of drug-likeness (QED) is 0.340. The first kappa shape index (κ1) is 15.0. The van der Waals surface area contributed by atoms with Crippen LogP contribution < -0.4 is 0 Å². The zero-order valence-corrected chi connectivity index (χ0v) is 14.7. The molecule has 0 saturated heterocycles. The molecule has 0 saturated carbocycles. The first-order valence-electron chi connectivity index (χ1n) is 8.94. The Labute approximate surface area is 153 Å². The average Bonchev–Trinajstić information content (AvgIpc) is 3.01. The minimum Gasteiger partial charge on any atom is -0.344 e. The molecule has 0 unspecified atom stereocenters. The summed E-state index contributed by atoms with van der Waals surface area (Å²) >= 11 is 0. The van der Waals surface area contributed by atoms with Gasteiger partial charge in [-0.3, -0.25) is 0 Å². The normalized spacial score (nSPS) is 11.3. The number of hydrogen-bond acceptors (Lipinski definition) is 0. The van der Waals surface area contributed by atoms with Crippen molar-refractivity contribution >= 4 is 21.8 Å². The Morgan fingerprint density at radius 1 is 0.462 bits per heavy atom. The number of fused-ring (bicyclic) bond motifs is 3. The highest BCUT2D eigenvalue weighted by molar-refractivity contribution is 6.09. The Balaban J connectivity index is 1.73. The number of aromatic nitrogens is 1. The Morgan fingerprint density at radius 2 is 0.885 bits per heavy atom. The van der Waals surface area contributed by atoms with Gasteiger partial charge in [0.05, 0.1) is 0 Å². The van der Waals surface area contributed by atoms with E-state index in [4.69, 9.17) is 0 Å². The molecule has 0 radical (unpaired) electrons. The summed E-state index contributed by atoms with van der Waals surface area (Å²) in [5, 5.41) is 2.61. The van der Waals surface area contributed by atoms with Crippen LogP contribution in [0.25, 0.3) is 44.1 Å². The third kappa shape index (κ3) is 2.33. The van der Waals surface area contributed by atoms with Crippen LogP contribution in [0.1, 0.15) is 0 Å². The van der Waals surface area contributed by atoms with Gasteiger partial charge >= 0.3 is 0 Å². The summed E-state index contributed by atoms with van der Waals surface area (Å²) in [7, 11) is 2.16. The molecule has 124 valence electrons. The van der Waals surface area contributed by atoms with E-state index in [1.807, 2.05) is 0 Å². The monoisotopic (exact) mass is 333 g/mol. The molecule has 0 spiro atoms. The smallest absolute Gasteiger partial charge is 0.0494 e. The summed E-state index contributed by atoms with van der Waals surface area (Å²) in [6.07, 6.45) is 0. The molecule has 0 aliphatic carbocycles. The fourth-order valence-corrected chi connectivity index (χ4v) is 3.82. The van der Waals surface area contributed by atoms with Gasteiger partial charge in [0.2, 0.25) is 0 Å². The van der Waals surface area contributed by atoms with Crippen LogP contribution >= 0.6 is 0 Å². The zero-order valence-electron chi connectivity index (χ0n) is 14.7. The average molecular weight is 333 g/mol. The molecular weight excluding hydrogens is 314 g/mol. The van der Waals surface area contributed by atoms with Crippen LogP contribution in [0.4, 0.5) is 0 Å². The lowest BCUT2D eigenvalue weighted by Crippen LogP contribution is -1.88. The Bertz CT molecular complexity index is 1120. The first-order valence-corrected chi connectivity index (χ1v) is 8.94. The van der Waals surface area contributed by atoms with Crippen molar-refractivity contribution in [2.45, 2.75) is 0 Å². The van der Waals surface area contributed by atoms with E-state index in [1.165, 1.54) is 44.1 Å². The Kier molecular flexibility index (Phi) is 3.39. The van der Waals surface area contributed by atoms with E-state index in [0.717, 1.165) is 0 Å². The number of rotatable bonds is 2. The lowest BCUT2D eigenvalue weighted by molar-refractivity contribution is 1.01. The summed E-state index contributed by atoms with van der Waals surface area (Å²) in [6.45, 7) is 0. The second-order valence-electron chi connectivity index (χ2n) is 6.75. The summed E-state index contributed by atoms with van der Waals surface area (Å²) < 4.78 is 2.31. The minimum absolute atomic E-state index is 1.25. The van der Waals surface area contributed by atoms with Crippen molar-refractivity contribution in [3.05, 3.63) is 97.1 Å². The third-order valence-corrected chi connectivity index (χ3v) is 5.22. The van der Waals surface area contributed by atoms with E-state index in [1.54, 1.807) is 0 Å². The van der Waals surface area contributed by atoms with Crippen molar-refractivity contribution in [1.82, 2.24) is 4.57 Å². The Hall–Kier alpha value is -3.32. The van der Waals surface area contributed by atoms with Crippen LogP contribution in [-0.4, -0.2) is 4.57 Å². The van der Waals surface area contributed by atoms with Crippen molar-refractivity contribution < 1.29 is 0 Å². The van der Waals surface area contributed by atoms with Crippen molar-refractivity contribution in [3.63, 3.8) is 0 Å². The van der Waals surface area contributed by atoms with Gasteiger partial charge in [0.15, 0.2) is 0 Å². The van der Waals surface area contributed by atoms with Gasteiger partial charge in [0.1, 0.15) is 0 Å². The van der Waals surface area contributed by atoms with Crippen molar-refractivity contribution in [1.29, 1.82) is 0 Å². The molecule has 5 aromatic rings. The predicted octanol–water partition coefficient (Wildman–Crippen LogP) is 6.67. The molecule has 1 heterocycles. The van der Waals surface area contributed by atoms with Crippen LogP contribution in [0, 0.1) is 0 Å². The van der Waals surface area contributed by atoms with Crippen molar-refractivity contribution in [3.8, 4) is 22.3 Å². The van der Waals surface area contributed by atoms with E-state index < -0.39 is 0 Å². The van der Waals surface area contributed by atoms with E-state index >= 15 is 0 Å². The molecular formula is C25H19N. The molecule has 4 aromatic carbocycles. The topological polar surface area (TPSA) is 4.93 Å². The fraction of sp³-hybridized carbons (Fsp3) is 0.0400. The van der Waals surface area contributed by atoms with Gasteiger partial charge < -0.3 is 4.57 Å². The van der Waals surface area contributed by atoms with Crippen LogP contribution in [0.3, 0.4) is 0 Å². The molecule has 0 amide bonds. The number of hydrogen-bond donors (Lipinski definition) is 0. The van der Waals surface area contributed by atoms with Gasteiger partial charge in [-0.2, -0.15) is 0 Å². The van der Waals surface area contributed by atoms with Crippen molar-refractivity contribution in [2.24, 2.45) is 7.05 Å². The Morgan fingerprint density at radius 3 is 1.31 bits per heavy atom. The molecule has 0 aliphatic heterocycles. The maximum atomic E-state index is 2.31. The van der Waals surface area contributed by atoms with Crippen LogP contribution in [0.15, 0.2) is 97.1 Å². The van der Waals surface area contributed by atoms with Crippen LogP contribution in [0.5, 0.6) is 0 Å². The summed E-state index contributed by atoms with van der Waals surface area (Å²) in [5.41, 5.74) is 7.56. The van der Waals surface area contributed by atoms with Crippen LogP contribution in [0.2, 0.25) is 0 Å². The van der Waals surface area contributed by atoms with Crippen LogP contribution in [-0.2, 0) is 7.05 Å². The van der Waals surface area contributed by atoms with Gasteiger partial charge in [-0.05, 0) is 34.4 Å². The molecule has 1 heteroatoms. The van der Waals surface area contributed by atoms with Gasteiger partial charge in [-0.15, -0.1) is 0 Å². The number of benzene rings is 4. The van der Waals surface area contributed by atoms with Crippen molar-refractivity contribution in [2.75, 3.05) is 0 Å². The maximum absolute atomic E-state index is 2.31. The number of aryl methyl sites for hydroxylation is 1. The summed E-state index contributed by atoms with van der Waals surface area (Å²) in [4.78, 5) is 0. The summed E-state index contributed by atoms with van der Waals surface area (Å²) in [6, 6.07) is 34.7. The van der Waals surface area contributed by atoms with E-state index in [-0.39, 0.29) is 0 Å². The van der Waals surface area contributed by atoms with Gasteiger partial charge in [-0.25, -0.2) is 0 Å². The lowest BCUT2D eigenvalue weighted by atomic mass is 10.0. The summed E-state index contributed by atoms with van der Waals surface area (Å²) in [5.74, 6) is 0. The van der Waals surface area contributed by atoms with E-state index in [9.17, 15) is 0 Å². The predicted molar refractivity (Wildman–Crippen MR) is 111 cm³/mol. The second kappa shape index (κ2) is 5.89. The molecule has 1 nitrogen and oxygen atoms in total. The zero-order chi connectivity index (χ0) is 17.5. The lowest BCUT2D eigenvalue weighted by Gasteiger charge is -2.04. The molecule has 0 fully saturated rings. The molecule has 26 heavy (non-hydrogen) atoms. The largest absolute Gasteiger partial charge is 0.344 e. The third-order valence-electron chi connectivity index (χ3n) is 5.22. The van der Waals surface area contributed by atoms with Gasteiger partial charge in [0.25, 0.3) is 0 Å². The molecule has 0 atom stereocenters. The SMILES string of the molecule is Cn1c2cc(-c3ccccc3)ccc2c2ccc(-c3ccccc3)cc21. The standard InChI is InChI=1S/C25H19N/c1-26-24-16-20(18-8-4-2-5-9-18)12-14-22(24)23-15-13-21(17-25(23)26)19-10-6-3-7-11-19/h2-17H,1H3. The van der Waals surface area contributed by atoms with E-state index in [0.29, 0.717) is 0 Å². The minimum atomic E-state index is 1.25. The first-order chi connectivity index (χ1) is 12.8. The maximum Gasteiger partial charge on any atom is 0.0494 e. The van der Waals surface area contributed by atoms with Gasteiger partial charge in [0, 0.05) is 28.9 Å². The molecule has 1 aromatic heterocycles.